The Balaban J connectivity index is 1.73. The molecule has 1 saturated heterocycles. The van der Waals surface area contributed by atoms with Crippen LogP contribution in [0.25, 0.3) is 0 Å². The number of esters is 1. The van der Waals surface area contributed by atoms with Crippen LogP contribution in [0, 0.1) is 5.41 Å². The number of carbonyl (C=O) groups excluding carboxylic acids is 1. The van der Waals surface area contributed by atoms with Crippen LogP contribution in [0.3, 0.4) is 0 Å². The van der Waals surface area contributed by atoms with Gasteiger partial charge in [0.1, 0.15) is 6.54 Å². The van der Waals surface area contributed by atoms with E-state index in [0.717, 1.165) is 6.42 Å². The van der Waals surface area contributed by atoms with Gasteiger partial charge in [-0.3, -0.25) is 15.8 Å². The van der Waals surface area contributed by atoms with Crippen LogP contribution in [0.15, 0.2) is 4.99 Å². The lowest BCUT2D eigenvalue weighted by molar-refractivity contribution is -0.622. The number of guanidine groups is 2. The molecule has 12 nitrogen and oxygen atoms in total. The molecule has 0 aromatic heterocycles. The summed E-state index contributed by atoms with van der Waals surface area (Å²) >= 11 is 0. The van der Waals surface area contributed by atoms with E-state index < -0.39 is 47.0 Å². The minimum Gasteiger partial charge on any atom is -0.479 e. The van der Waals surface area contributed by atoms with E-state index in [4.69, 9.17) is 16.2 Å². The third kappa shape index (κ3) is 2.10. The SMILES string of the molecule is CC1(C(=O)O[C@H]2C[N+]3=C(N)NC(C(=O)O)[C@@H]4N=C(N)N[C@@]43C2(O)O)CCC1. The highest BCUT2D eigenvalue weighted by Crippen LogP contribution is 2.45. The number of rotatable bonds is 3. The second-order valence-corrected chi connectivity index (χ2v) is 7.84. The molecule has 148 valence electrons. The Kier molecular flexibility index (Phi) is 3.44. The number of carboxylic acids is 1. The molecule has 0 radical (unpaired) electrons. The van der Waals surface area contributed by atoms with Crippen LogP contribution >= 0.6 is 0 Å². The number of aliphatic carboxylic acids is 1. The predicted molar refractivity (Wildman–Crippen MR) is 89.2 cm³/mol. The zero-order chi connectivity index (χ0) is 19.8. The second-order valence-electron chi connectivity index (χ2n) is 7.84. The number of ether oxygens (including phenoxy) is 1. The van der Waals surface area contributed by atoms with Crippen LogP contribution in [0.5, 0.6) is 0 Å². The van der Waals surface area contributed by atoms with E-state index >= 15 is 0 Å². The Morgan fingerprint density at radius 1 is 1.33 bits per heavy atom. The highest BCUT2D eigenvalue weighted by molar-refractivity contribution is 5.88. The van der Waals surface area contributed by atoms with Crippen LogP contribution in [0.2, 0.25) is 0 Å². The Hall–Kier alpha value is -2.60. The average Bonchev–Trinajstić information content (AvgIpc) is 3.01. The van der Waals surface area contributed by atoms with Crippen molar-refractivity contribution in [2.45, 2.75) is 55.8 Å². The van der Waals surface area contributed by atoms with Crippen LogP contribution < -0.4 is 22.1 Å². The summed E-state index contributed by atoms with van der Waals surface area (Å²) in [6, 6.07) is -2.58. The van der Waals surface area contributed by atoms with Crippen molar-refractivity contribution in [3.05, 3.63) is 0 Å². The van der Waals surface area contributed by atoms with Gasteiger partial charge in [0.25, 0.3) is 5.79 Å². The van der Waals surface area contributed by atoms with Crippen molar-refractivity contribution < 1.29 is 34.2 Å². The van der Waals surface area contributed by atoms with E-state index in [0.29, 0.717) is 12.8 Å². The molecule has 0 aromatic rings. The van der Waals surface area contributed by atoms with Crippen molar-refractivity contribution in [1.29, 1.82) is 0 Å². The first-order valence-electron chi connectivity index (χ1n) is 8.69. The molecule has 4 rings (SSSR count). The predicted octanol–water partition coefficient (Wildman–Crippen LogP) is -3.85. The van der Waals surface area contributed by atoms with Crippen LogP contribution in [-0.2, 0) is 14.3 Å². The van der Waals surface area contributed by atoms with Crippen LogP contribution in [0.1, 0.15) is 26.2 Å². The van der Waals surface area contributed by atoms with E-state index in [2.05, 4.69) is 15.6 Å². The lowest BCUT2D eigenvalue weighted by Crippen LogP contribution is -2.79. The Morgan fingerprint density at radius 3 is 2.56 bits per heavy atom. The van der Waals surface area contributed by atoms with Gasteiger partial charge in [-0.2, -0.15) is 0 Å². The van der Waals surface area contributed by atoms with Crippen molar-refractivity contribution in [1.82, 2.24) is 10.6 Å². The highest BCUT2D eigenvalue weighted by atomic mass is 16.6. The van der Waals surface area contributed by atoms with Gasteiger partial charge in [-0.05, 0) is 19.8 Å². The fraction of sp³-hybridized carbons (Fsp3) is 0.733. The summed E-state index contributed by atoms with van der Waals surface area (Å²) in [5.41, 5.74) is 9.15. The van der Waals surface area contributed by atoms with E-state index in [1.807, 2.05) is 0 Å². The largest absolute Gasteiger partial charge is 0.479 e. The molecule has 0 aromatic carbocycles. The number of aliphatic imine (C=N–C) groups is 1. The zero-order valence-corrected chi connectivity index (χ0v) is 14.7. The molecule has 3 aliphatic heterocycles. The molecule has 1 spiro atoms. The molecule has 9 N–H and O–H groups in total. The van der Waals surface area contributed by atoms with Crippen molar-refractivity contribution in [2.24, 2.45) is 21.9 Å². The number of aliphatic hydroxyl groups is 2. The number of hydrogen-bond donors (Lipinski definition) is 7. The summed E-state index contributed by atoms with van der Waals surface area (Å²) < 4.78 is 6.76. The van der Waals surface area contributed by atoms with Gasteiger partial charge in [0.2, 0.25) is 5.66 Å². The smallest absolute Gasteiger partial charge is 0.346 e. The van der Waals surface area contributed by atoms with E-state index in [-0.39, 0.29) is 18.5 Å². The van der Waals surface area contributed by atoms with E-state index in [9.17, 15) is 24.9 Å². The summed E-state index contributed by atoms with van der Waals surface area (Å²) in [5.74, 6) is -4.80. The minimum absolute atomic E-state index is 0.114. The zero-order valence-electron chi connectivity index (χ0n) is 14.7. The maximum Gasteiger partial charge on any atom is 0.346 e. The third-order valence-electron chi connectivity index (χ3n) is 6.18. The first kappa shape index (κ1) is 17.8. The maximum atomic E-state index is 12.5. The summed E-state index contributed by atoms with van der Waals surface area (Å²) in [6.45, 7) is 1.59. The number of carbonyl (C=O) groups is 2. The van der Waals surface area contributed by atoms with Gasteiger partial charge in [0.05, 0.1) is 5.41 Å². The lowest BCUT2D eigenvalue weighted by Gasteiger charge is -2.42. The number of carboxylic acid groups (broad SMARTS) is 1. The van der Waals surface area contributed by atoms with Crippen LogP contribution in [-0.4, -0.2) is 79.9 Å². The number of hydrogen-bond acceptors (Lipinski definition) is 10. The molecule has 12 heteroatoms. The Bertz CT molecular complexity index is 790. The normalized spacial score (nSPS) is 37.9. The Labute approximate surface area is 153 Å². The quantitative estimate of drug-likeness (QED) is 0.144. The first-order valence-corrected chi connectivity index (χ1v) is 8.69. The molecule has 2 fully saturated rings. The monoisotopic (exact) mass is 383 g/mol. The van der Waals surface area contributed by atoms with Crippen LogP contribution in [0.4, 0.5) is 0 Å². The van der Waals surface area contributed by atoms with E-state index in [1.54, 1.807) is 6.92 Å². The number of nitrogens with two attached hydrogens (primary N) is 2. The fourth-order valence-corrected chi connectivity index (χ4v) is 4.38. The molecule has 1 aliphatic carbocycles. The summed E-state index contributed by atoms with van der Waals surface area (Å²) in [7, 11) is 0. The van der Waals surface area contributed by atoms with Crippen molar-refractivity contribution >= 4 is 23.9 Å². The molecule has 0 amide bonds. The number of nitrogens with zero attached hydrogens (tertiary/aromatic N) is 2. The average molecular weight is 383 g/mol. The van der Waals surface area contributed by atoms with Gasteiger partial charge in [0, 0.05) is 0 Å². The third-order valence-corrected chi connectivity index (χ3v) is 6.18. The molecule has 3 heterocycles. The topological polar surface area (TPSA) is 196 Å². The van der Waals surface area contributed by atoms with Gasteiger partial charge in [-0.15, -0.1) is 0 Å². The molecule has 4 atom stereocenters. The fourth-order valence-electron chi connectivity index (χ4n) is 4.38. The number of nitrogens with one attached hydrogen (secondary N) is 2. The highest BCUT2D eigenvalue weighted by Gasteiger charge is 2.77. The summed E-state index contributed by atoms with van der Waals surface area (Å²) in [6.07, 6.45) is 0.830. The maximum absolute atomic E-state index is 12.5. The van der Waals surface area contributed by atoms with Gasteiger partial charge in [-0.1, -0.05) is 6.42 Å². The minimum atomic E-state index is -2.70. The second kappa shape index (κ2) is 5.23. The standard InChI is InChI=1S/C15H22N6O6/c1-13(3-2-4-13)10(24)27-6-5-21-12(17)18-7(9(22)23)8-14(21,15(6,25)26)20-11(16)19-8/h6-8,25-26H,2-5H2,1H3,(H6,16,17,18,19,20,22,23)/p+1/t6-,7?,8-,14-/m0/s1. The summed E-state index contributed by atoms with van der Waals surface area (Å²) in [4.78, 5) is 28.2. The van der Waals surface area contributed by atoms with Gasteiger partial charge in [0.15, 0.2) is 24.1 Å². The van der Waals surface area contributed by atoms with Crippen molar-refractivity contribution in [3.63, 3.8) is 0 Å². The molecule has 1 saturated carbocycles. The molecular formula is C15H23N6O6+. The molecule has 0 bridgehead atoms. The van der Waals surface area contributed by atoms with E-state index in [1.165, 1.54) is 4.58 Å². The molecule has 1 unspecified atom stereocenters. The first-order chi connectivity index (χ1) is 12.5. The van der Waals surface area contributed by atoms with Crippen molar-refractivity contribution in [3.8, 4) is 0 Å². The molecular weight excluding hydrogens is 360 g/mol. The summed E-state index contributed by atoms with van der Waals surface area (Å²) in [5, 5.41) is 36.8. The van der Waals surface area contributed by atoms with Gasteiger partial charge < -0.3 is 31.1 Å². The molecule has 4 aliphatic rings. The Morgan fingerprint density at radius 2 is 2.00 bits per heavy atom. The van der Waals surface area contributed by atoms with Crippen molar-refractivity contribution in [2.75, 3.05) is 6.54 Å². The van der Waals surface area contributed by atoms with Gasteiger partial charge in [-0.25, -0.2) is 14.4 Å². The molecule has 27 heavy (non-hydrogen) atoms. The lowest BCUT2D eigenvalue weighted by atomic mass is 9.70. The van der Waals surface area contributed by atoms with Gasteiger partial charge >= 0.3 is 17.9 Å².